The molecule has 0 aromatic carbocycles. The molecule has 4 nitrogen and oxygen atoms in total. The number of nitrogens with one attached hydrogen (secondary N) is 1. The van der Waals surface area contributed by atoms with Gasteiger partial charge in [-0.2, -0.15) is 0 Å². The van der Waals surface area contributed by atoms with Crippen LogP contribution in [-0.4, -0.2) is 30.7 Å². The van der Waals surface area contributed by atoms with Crippen LogP contribution in [0.3, 0.4) is 0 Å². The van der Waals surface area contributed by atoms with Crippen LogP contribution in [0.15, 0.2) is 0 Å². The molecule has 1 aliphatic rings. The van der Waals surface area contributed by atoms with Crippen LogP contribution in [0.1, 0.15) is 26.7 Å². The molecular formula is C9H18N2O2. The largest absolute Gasteiger partial charge is 0.375 e. The average Bonchev–Trinajstić information content (AvgIpc) is 1.99. The molecule has 1 aliphatic heterocycles. The SMILES string of the molecule is CC1CC(NCC(N)=O)CC(C)O1. The quantitative estimate of drug-likeness (QED) is 0.653. The lowest BCUT2D eigenvalue weighted by Gasteiger charge is -2.32. The fourth-order valence-electron chi connectivity index (χ4n) is 1.82. The molecule has 13 heavy (non-hydrogen) atoms. The van der Waals surface area contributed by atoms with Crippen molar-refractivity contribution in [3.63, 3.8) is 0 Å². The second-order valence-corrected chi connectivity index (χ2v) is 3.77. The third-order valence-corrected chi connectivity index (χ3v) is 2.26. The molecule has 2 unspecified atom stereocenters. The number of ether oxygens (including phenoxy) is 1. The standard InChI is InChI=1S/C9H18N2O2/c1-6-3-8(4-7(2)13-6)11-5-9(10)12/h6-8,11H,3-5H2,1-2H3,(H2,10,12). The number of nitrogens with two attached hydrogens (primary N) is 1. The lowest BCUT2D eigenvalue weighted by molar-refractivity contribution is -0.117. The first-order valence-electron chi connectivity index (χ1n) is 4.75. The van der Waals surface area contributed by atoms with Gasteiger partial charge < -0.3 is 15.8 Å². The molecule has 0 aliphatic carbocycles. The molecule has 2 atom stereocenters. The Bertz CT molecular complexity index is 174. The summed E-state index contributed by atoms with van der Waals surface area (Å²) in [4.78, 5) is 10.5. The van der Waals surface area contributed by atoms with Gasteiger partial charge in [0.1, 0.15) is 0 Å². The summed E-state index contributed by atoms with van der Waals surface area (Å²) in [6, 6.07) is 0.367. The highest BCUT2D eigenvalue weighted by molar-refractivity contribution is 5.75. The van der Waals surface area contributed by atoms with E-state index in [4.69, 9.17) is 10.5 Å². The van der Waals surface area contributed by atoms with Crippen molar-refractivity contribution in [3.05, 3.63) is 0 Å². The van der Waals surface area contributed by atoms with Crippen LogP contribution in [0.25, 0.3) is 0 Å². The zero-order valence-corrected chi connectivity index (χ0v) is 8.25. The topological polar surface area (TPSA) is 64.3 Å². The zero-order chi connectivity index (χ0) is 9.84. The minimum absolute atomic E-state index is 0.268. The van der Waals surface area contributed by atoms with Crippen molar-refractivity contribution in [2.45, 2.75) is 44.9 Å². The van der Waals surface area contributed by atoms with Gasteiger partial charge in [-0.15, -0.1) is 0 Å². The van der Waals surface area contributed by atoms with Crippen LogP contribution < -0.4 is 11.1 Å². The van der Waals surface area contributed by atoms with E-state index < -0.39 is 0 Å². The van der Waals surface area contributed by atoms with Crippen molar-refractivity contribution in [2.75, 3.05) is 6.54 Å². The van der Waals surface area contributed by atoms with Crippen LogP contribution >= 0.6 is 0 Å². The van der Waals surface area contributed by atoms with Gasteiger partial charge in [0, 0.05) is 6.04 Å². The van der Waals surface area contributed by atoms with Crippen LogP contribution in [0, 0.1) is 0 Å². The molecule has 0 aromatic rings. The summed E-state index contributed by atoms with van der Waals surface area (Å²) in [6.45, 7) is 4.37. The first-order chi connectivity index (χ1) is 6.08. The van der Waals surface area contributed by atoms with Gasteiger partial charge in [-0.25, -0.2) is 0 Å². The van der Waals surface area contributed by atoms with Crippen LogP contribution in [-0.2, 0) is 9.53 Å². The molecule has 1 saturated heterocycles. The third-order valence-electron chi connectivity index (χ3n) is 2.26. The fourth-order valence-corrected chi connectivity index (χ4v) is 1.82. The zero-order valence-electron chi connectivity index (χ0n) is 8.25. The van der Waals surface area contributed by atoms with Gasteiger partial charge in [0.25, 0.3) is 0 Å². The maximum atomic E-state index is 10.5. The van der Waals surface area contributed by atoms with E-state index in [9.17, 15) is 4.79 Å². The molecule has 0 radical (unpaired) electrons. The van der Waals surface area contributed by atoms with E-state index in [0.717, 1.165) is 12.8 Å². The number of hydrogen-bond acceptors (Lipinski definition) is 3. The summed E-state index contributed by atoms with van der Waals surface area (Å²) in [7, 11) is 0. The number of primary amides is 1. The van der Waals surface area contributed by atoms with Crippen LogP contribution in [0.2, 0.25) is 0 Å². The molecular weight excluding hydrogens is 168 g/mol. The minimum Gasteiger partial charge on any atom is -0.375 e. The molecule has 76 valence electrons. The molecule has 1 rings (SSSR count). The highest BCUT2D eigenvalue weighted by Crippen LogP contribution is 2.18. The summed E-state index contributed by atoms with van der Waals surface area (Å²) < 4.78 is 5.57. The highest BCUT2D eigenvalue weighted by atomic mass is 16.5. The first-order valence-corrected chi connectivity index (χ1v) is 4.75. The summed E-state index contributed by atoms with van der Waals surface area (Å²) in [6.07, 6.45) is 2.46. The number of carbonyl (C=O) groups is 1. The Hall–Kier alpha value is -0.610. The van der Waals surface area contributed by atoms with Crippen molar-refractivity contribution in [1.82, 2.24) is 5.32 Å². The first kappa shape index (κ1) is 10.5. The Morgan fingerprint density at radius 3 is 2.46 bits per heavy atom. The second kappa shape index (κ2) is 4.58. The number of amides is 1. The fraction of sp³-hybridized carbons (Fsp3) is 0.889. The molecule has 3 N–H and O–H groups in total. The summed E-state index contributed by atoms with van der Waals surface area (Å²) in [5.74, 6) is -0.299. The number of carbonyl (C=O) groups excluding carboxylic acids is 1. The van der Waals surface area contributed by atoms with Crippen molar-refractivity contribution in [3.8, 4) is 0 Å². The van der Waals surface area contributed by atoms with Crippen molar-refractivity contribution < 1.29 is 9.53 Å². The molecule has 1 heterocycles. The van der Waals surface area contributed by atoms with E-state index in [0.29, 0.717) is 6.04 Å². The van der Waals surface area contributed by atoms with E-state index >= 15 is 0 Å². The van der Waals surface area contributed by atoms with Crippen molar-refractivity contribution >= 4 is 5.91 Å². The Balaban J connectivity index is 2.28. The number of rotatable bonds is 3. The van der Waals surface area contributed by atoms with E-state index in [2.05, 4.69) is 19.2 Å². The molecule has 0 spiro atoms. The van der Waals surface area contributed by atoms with Gasteiger partial charge in [-0.05, 0) is 26.7 Å². The summed E-state index contributed by atoms with van der Waals surface area (Å²) in [5.41, 5.74) is 5.05. The van der Waals surface area contributed by atoms with Gasteiger partial charge >= 0.3 is 0 Å². The Kier molecular flexibility index (Phi) is 3.69. The van der Waals surface area contributed by atoms with Gasteiger partial charge in [-0.1, -0.05) is 0 Å². The average molecular weight is 186 g/mol. The number of hydrogen-bond donors (Lipinski definition) is 2. The lowest BCUT2D eigenvalue weighted by atomic mass is 10.00. The Morgan fingerprint density at radius 1 is 1.46 bits per heavy atom. The Labute approximate surface area is 78.8 Å². The molecule has 0 aromatic heterocycles. The predicted molar refractivity (Wildman–Crippen MR) is 50.2 cm³/mol. The minimum atomic E-state index is -0.299. The second-order valence-electron chi connectivity index (χ2n) is 3.77. The Morgan fingerprint density at radius 2 is 2.00 bits per heavy atom. The smallest absolute Gasteiger partial charge is 0.231 e. The lowest BCUT2D eigenvalue weighted by Crippen LogP contribution is -2.44. The molecule has 1 amide bonds. The van der Waals surface area contributed by atoms with E-state index in [1.165, 1.54) is 0 Å². The van der Waals surface area contributed by atoms with Crippen molar-refractivity contribution in [1.29, 1.82) is 0 Å². The maximum Gasteiger partial charge on any atom is 0.231 e. The molecule has 4 heteroatoms. The van der Waals surface area contributed by atoms with Crippen LogP contribution in [0.4, 0.5) is 0 Å². The van der Waals surface area contributed by atoms with E-state index in [1.807, 2.05) is 0 Å². The third kappa shape index (κ3) is 3.74. The predicted octanol–water partition coefficient (Wildman–Crippen LogP) is 0.0173. The van der Waals surface area contributed by atoms with Gasteiger partial charge in [0.15, 0.2) is 0 Å². The summed E-state index contributed by atoms with van der Waals surface area (Å²) >= 11 is 0. The van der Waals surface area contributed by atoms with E-state index in [1.54, 1.807) is 0 Å². The summed E-state index contributed by atoms with van der Waals surface area (Å²) in [5, 5.41) is 3.13. The normalized spacial score (nSPS) is 34.5. The monoisotopic (exact) mass is 186 g/mol. The molecule has 0 saturated carbocycles. The highest BCUT2D eigenvalue weighted by Gasteiger charge is 2.23. The molecule has 1 fully saturated rings. The molecule has 0 bridgehead atoms. The maximum absolute atomic E-state index is 10.5. The van der Waals surface area contributed by atoms with Crippen molar-refractivity contribution in [2.24, 2.45) is 5.73 Å². The van der Waals surface area contributed by atoms with Gasteiger partial charge in [0.2, 0.25) is 5.91 Å². The van der Waals surface area contributed by atoms with Gasteiger partial charge in [0.05, 0.1) is 18.8 Å². The van der Waals surface area contributed by atoms with Crippen LogP contribution in [0.5, 0.6) is 0 Å². The van der Waals surface area contributed by atoms with E-state index in [-0.39, 0.29) is 24.7 Å². The van der Waals surface area contributed by atoms with Gasteiger partial charge in [-0.3, -0.25) is 4.79 Å².